The fourth-order valence-corrected chi connectivity index (χ4v) is 3.46. The zero-order valence-electron chi connectivity index (χ0n) is 23.3. The smallest absolute Gasteiger partial charge is 0.308 e. The molecular weight excluding hydrogens is 551 g/mol. The van der Waals surface area contributed by atoms with Crippen LogP contribution in [0.2, 0.25) is 0 Å². The van der Waals surface area contributed by atoms with Crippen molar-refractivity contribution in [2.75, 3.05) is 61.5 Å². The van der Waals surface area contributed by atoms with Crippen molar-refractivity contribution in [3.05, 3.63) is 0 Å². The number of carbonyl (C=O) groups excluding carboxylic acids is 4. The molecule has 0 fully saturated rings. The largest absolute Gasteiger partial charge is 1.00 e. The van der Waals surface area contributed by atoms with E-state index in [0.717, 1.165) is 11.0 Å². The molecule has 0 amide bonds. The van der Waals surface area contributed by atoms with Gasteiger partial charge in [-0.05, 0) is 54.6 Å². The number of nitrogens with zero attached hydrogens (tertiary/aromatic N) is 2. The first-order chi connectivity index (χ1) is 15.0. The maximum atomic E-state index is 11.6. The van der Waals surface area contributed by atoms with Crippen LogP contribution in [0.25, 0.3) is 0 Å². The van der Waals surface area contributed by atoms with Crippen molar-refractivity contribution in [3.63, 3.8) is 0 Å². The molecule has 0 heterocycles. The van der Waals surface area contributed by atoms with E-state index in [-0.39, 0.29) is 71.2 Å². The van der Waals surface area contributed by atoms with Crippen LogP contribution in [0.4, 0.5) is 0 Å². The molecule has 0 spiro atoms. The molecule has 0 radical (unpaired) electrons. The average molecular weight is 601 g/mol. The summed E-state index contributed by atoms with van der Waals surface area (Å²) in [6.45, 7) is 12.6. The van der Waals surface area contributed by atoms with E-state index in [0.29, 0.717) is 32.6 Å². The quantitative estimate of drug-likeness (QED) is 0.156. The van der Waals surface area contributed by atoms with E-state index in [4.69, 9.17) is 9.47 Å². The number of hydrogen-bond acceptors (Lipinski definition) is 7. The van der Waals surface area contributed by atoms with Gasteiger partial charge < -0.3 is 42.8 Å². The number of rotatable bonds is 14. The van der Waals surface area contributed by atoms with Crippen LogP contribution in [0.1, 0.15) is 54.4 Å². The summed E-state index contributed by atoms with van der Waals surface area (Å²) >= 11 is 0. The van der Waals surface area contributed by atoms with Gasteiger partial charge in [-0.3, -0.25) is 19.2 Å². The first-order valence-corrected chi connectivity index (χ1v) is 11.8. The Hall–Kier alpha value is -1.07. The summed E-state index contributed by atoms with van der Waals surface area (Å²) in [7, 11) is 9.98. The van der Waals surface area contributed by atoms with E-state index in [2.05, 4.69) is 0 Å². The Balaban J connectivity index is -0.000000550. The van der Waals surface area contributed by atoms with Crippen molar-refractivity contribution in [2.45, 2.75) is 54.4 Å². The summed E-state index contributed by atoms with van der Waals surface area (Å²) in [4.78, 5) is 47.9. The number of ketones is 2. The maximum absolute atomic E-state index is 11.6. The van der Waals surface area contributed by atoms with Crippen molar-refractivity contribution >= 4 is 23.5 Å². The molecule has 0 aliphatic heterocycles. The zero-order valence-corrected chi connectivity index (χ0v) is 25.4. The van der Waals surface area contributed by atoms with Gasteiger partial charge in [-0.25, -0.2) is 0 Å². The second kappa shape index (κ2) is 19.2. The number of ether oxygens (including phenoxy) is 2. The number of esters is 2. The minimum atomic E-state index is -0.215. The molecule has 0 saturated heterocycles. The zero-order chi connectivity index (χ0) is 26.4. The first-order valence-electron chi connectivity index (χ1n) is 11.8. The van der Waals surface area contributed by atoms with Crippen LogP contribution in [0.5, 0.6) is 0 Å². The Bertz CT molecular complexity index is 619. The number of hydrogen-bond donors (Lipinski definition) is 0. The highest BCUT2D eigenvalue weighted by molar-refractivity contribution is 5.80. The Morgan fingerprint density at radius 3 is 1.38 bits per heavy atom. The Morgan fingerprint density at radius 1 is 0.765 bits per heavy atom. The predicted molar refractivity (Wildman–Crippen MR) is 131 cm³/mol. The summed E-state index contributed by atoms with van der Waals surface area (Å²) in [5.41, 5.74) is 0. The van der Waals surface area contributed by atoms with Gasteiger partial charge in [-0.1, -0.05) is 13.8 Å². The summed E-state index contributed by atoms with van der Waals surface area (Å²) in [6, 6.07) is 0. The van der Waals surface area contributed by atoms with Gasteiger partial charge in [0.25, 0.3) is 0 Å². The SMILES string of the molecule is CCOC(=O)C(C)CC(CN(C)C)C(C)=O.CCOC(=O)C(C)CC(C[N+](C)(C)C)C(C)=O.[I-]. The van der Waals surface area contributed by atoms with Gasteiger partial charge in [0.2, 0.25) is 0 Å². The number of halogens is 1. The Kier molecular flexibility index (Phi) is 21.1. The molecule has 4 atom stereocenters. The van der Waals surface area contributed by atoms with Crippen molar-refractivity contribution in [3.8, 4) is 0 Å². The van der Waals surface area contributed by atoms with Gasteiger partial charge >= 0.3 is 11.9 Å². The average Bonchev–Trinajstić information content (AvgIpc) is 2.66. The van der Waals surface area contributed by atoms with Gasteiger partial charge in [-0.15, -0.1) is 0 Å². The molecule has 0 aromatic rings. The molecule has 0 saturated carbocycles. The molecule has 202 valence electrons. The first kappa shape index (κ1) is 37.5. The van der Waals surface area contributed by atoms with Crippen LogP contribution in [-0.4, -0.2) is 94.4 Å². The van der Waals surface area contributed by atoms with Gasteiger partial charge in [-0.2, -0.15) is 0 Å². The predicted octanol–water partition coefficient (Wildman–Crippen LogP) is -0.166. The molecule has 8 nitrogen and oxygen atoms in total. The molecule has 0 rings (SSSR count). The summed E-state index contributed by atoms with van der Waals surface area (Å²) < 4.78 is 10.6. The van der Waals surface area contributed by atoms with E-state index in [1.807, 2.05) is 54.0 Å². The second-order valence-electron chi connectivity index (χ2n) is 10.1. The van der Waals surface area contributed by atoms with Crippen LogP contribution in [-0.2, 0) is 28.7 Å². The minimum absolute atomic E-state index is 0. The summed E-state index contributed by atoms with van der Waals surface area (Å²) in [6.07, 6.45) is 1.13. The molecule has 0 aliphatic rings. The van der Waals surface area contributed by atoms with Crippen LogP contribution in [0.15, 0.2) is 0 Å². The third-order valence-electron chi connectivity index (χ3n) is 5.16. The standard InChI is InChI=1S/C13H26NO3.C12H23NO3.HI/c1-7-17-13(16)10(2)8-12(11(3)15)9-14(4,5)6;1-6-16-12(15)9(2)7-11(10(3)14)8-13(4)5;/h10,12H,7-9H2,1-6H3;9,11H,6-8H2,1-5H3;1H/q+1;;/p-1. The van der Waals surface area contributed by atoms with E-state index < -0.39 is 0 Å². The lowest BCUT2D eigenvalue weighted by molar-refractivity contribution is -0.872. The molecule has 0 aromatic heterocycles. The summed E-state index contributed by atoms with van der Waals surface area (Å²) in [5.74, 6) is -0.736. The van der Waals surface area contributed by atoms with E-state index in [1.54, 1.807) is 27.7 Å². The van der Waals surface area contributed by atoms with Crippen LogP contribution in [0.3, 0.4) is 0 Å². The lowest BCUT2D eigenvalue weighted by Gasteiger charge is -2.29. The van der Waals surface area contributed by atoms with E-state index in [1.165, 1.54) is 0 Å². The lowest BCUT2D eigenvalue weighted by Crippen LogP contribution is -3.00. The molecule has 0 aromatic carbocycles. The Morgan fingerprint density at radius 2 is 1.12 bits per heavy atom. The maximum Gasteiger partial charge on any atom is 0.308 e. The van der Waals surface area contributed by atoms with Crippen LogP contribution >= 0.6 is 0 Å². The topological polar surface area (TPSA) is 90.0 Å². The fourth-order valence-electron chi connectivity index (χ4n) is 3.46. The van der Waals surface area contributed by atoms with Gasteiger partial charge in [0.1, 0.15) is 11.6 Å². The second-order valence-corrected chi connectivity index (χ2v) is 10.1. The van der Waals surface area contributed by atoms with E-state index in [9.17, 15) is 19.2 Å². The number of carbonyl (C=O) groups is 4. The lowest BCUT2D eigenvalue weighted by atomic mass is 9.92. The number of Topliss-reactive ketones (excluding diaryl/α,β-unsaturated/α-hetero) is 2. The van der Waals surface area contributed by atoms with E-state index >= 15 is 0 Å². The highest BCUT2D eigenvalue weighted by atomic mass is 127. The molecular formula is C25H49IN2O6. The molecule has 34 heavy (non-hydrogen) atoms. The summed E-state index contributed by atoms with van der Waals surface area (Å²) in [5, 5.41) is 0. The van der Waals surface area contributed by atoms with Gasteiger partial charge in [0, 0.05) is 12.5 Å². The van der Waals surface area contributed by atoms with Crippen molar-refractivity contribution in [1.29, 1.82) is 0 Å². The molecule has 9 heteroatoms. The van der Waals surface area contributed by atoms with Crippen molar-refractivity contribution in [2.24, 2.45) is 23.7 Å². The van der Waals surface area contributed by atoms with Crippen molar-refractivity contribution < 1.29 is 57.1 Å². The molecule has 0 aliphatic carbocycles. The van der Waals surface area contributed by atoms with Crippen molar-refractivity contribution in [1.82, 2.24) is 4.90 Å². The third kappa shape index (κ3) is 19.3. The monoisotopic (exact) mass is 600 g/mol. The minimum Gasteiger partial charge on any atom is -1.00 e. The van der Waals surface area contributed by atoms with Gasteiger partial charge in [0.05, 0.1) is 58.7 Å². The number of quaternary nitrogens is 1. The highest BCUT2D eigenvalue weighted by Gasteiger charge is 2.27. The third-order valence-corrected chi connectivity index (χ3v) is 5.16. The molecule has 0 bridgehead atoms. The molecule has 0 N–H and O–H groups in total. The Labute approximate surface area is 224 Å². The molecule has 4 unspecified atom stereocenters. The fraction of sp³-hybridized carbons (Fsp3) is 0.840. The van der Waals surface area contributed by atoms with Crippen LogP contribution < -0.4 is 24.0 Å². The normalized spacial score (nSPS) is 14.5. The van der Waals surface area contributed by atoms with Crippen LogP contribution in [0, 0.1) is 23.7 Å². The van der Waals surface area contributed by atoms with Gasteiger partial charge in [0.15, 0.2) is 0 Å². The highest BCUT2D eigenvalue weighted by Crippen LogP contribution is 2.18.